The Morgan fingerprint density at radius 1 is 1.37 bits per heavy atom. The molecule has 0 bridgehead atoms. The fraction of sp³-hybridized carbons (Fsp3) is 0.389. The first-order chi connectivity index (χ1) is 12.9. The Balaban J connectivity index is 1.55. The summed E-state index contributed by atoms with van der Waals surface area (Å²) in [5, 5.41) is 2.52. The Hall–Kier alpha value is -1.45. The maximum absolute atomic E-state index is 12.6. The van der Waals surface area contributed by atoms with Crippen LogP contribution in [0.25, 0.3) is 6.08 Å². The van der Waals surface area contributed by atoms with E-state index in [0.29, 0.717) is 14.2 Å². The monoisotopic (exact) mass is 425 g/mol. The molecule has 2 amide bonds. The number of nitrogens with zero attached hydrogens (tertiary/aromatic N) is 2. The smallest absolute Gasteiger partial charge is 0.266 e. The Labute approximate surface area is 173 Å². The normalized spacial score (nSPS) is 20.5. The third kappa shape index (κ3) is 5.30. The number of carbonyl (C=O) groups excluding carboxylic acids is 2. The highest BCUT2D eigenvalue weighted by molar-refractivity contribution is 8.26. The molecule has 6 nitrogen and oxygen atoms in total. The molecule has 1 aromatic carbocycles. The van der Waals surface area contributed by atoms with E-state index in [-0.39, 0.29) is 24.8 Å². The highest BCUT2D eigenvalue weighted by Gasteiger charge is 2.32. The number of hydrazine groups is 1. The summed E-state index contributed by atoms with van der Waals surface area (Å²) in [5.74, 6) is -0.278. The number of quaternary nitrogens is 1. The van der Waals surface area contributed by atoms with E-state index in [1.54, 1.807) is 12.1 Å². The lowest BCUT2D eigenvalue weighted by Crippen LogP contribution is -3.12. The van der Waals surface area contributed by atoms with Gasteiger partial charge in [-0.3, -0.25) is 19.9 Å². The van der Waals surface area contributed by atoms with Crippen molar-refractivity contribution in [2.75, 3.05) is 39.8 Å². The lowest BCUT2D eigenvalue weighted by atomic mass is 10.2. The number of hydrogen-bond acceptors (Lipinski definition) is 5. The summed E-state index contributed by atoms with van der Waals surface area (Å²) >= 11 is 12.7. The summed E-state index contributed by atoms with van der Waals surface area (Å²) < 4.78 is 0.467. The highest BCUT2D eigenvalue weighted by Crippen LogP contribution is 2.33. The van der Waals surface area contributed by atoms with Crippen molar-refractivity contribution >= 4 is 57.8 Å². The average Bonchev–Trinajstić information content (AvgIpc) is 2.90. The van der Waals surface area contributed by atoms with Gasteiger partial charge in [0.1, 0.15) is 4.32 Å². The Kier molecular flexibility index (Phi) is 6.88. The van der Waals surface area contributed by atoms with E-state index >= 15 is 0 Å². The van der Waals surface area contributed by atoms with Crippen molar-refractivity contribution in [3.63, 3.8) is 0 Å². The fourth-order valence-corrected chi connectivity index (χ4v) is 4.36. The molecule has 1 aromatic rings. The lowest BCUT2D eigenvalue weighted by molar-refractivity contribution is -0.884. The molecule has 9 heteroatoms. The predicted octanol–water partition coefficient (Wildman–Crippen LogP) is 0.793. The molecule has 2 N–H and O–H groups in total. The van der Waals surface area contributed by atoms with Crippen LogP contribution < -0.4 is 10.3 Å². The van der Waals surface area contributed by atoms with Crippen molar-refractivity contribution in [2.24, 2.45) is 0 Å². The second kappa shape index (κ2) is 9.16. The van der Waals surface area contributed by atoms with E-state index < -0.39 is 0 Å². The maximum atomic E-state index is 12.6. The molecule has 3 rings (SSSR count). The lowest BCUT2D eigenvalue weighted by Gasteiger charge is -2.30. The minimum atomic E-state index is -0.180. The molecular weight excluding hydrogens is 404 g/mol. The Bertz CT molecular complexity index is 778. The van der Waals surface area contributed by atoms with Crippen LogP contribution in [0.3, 0.4) is 0 Å². The van der Waals surface area contributed by atoms with Crippen molar-refractivity contribution in [3.8, 4) is 0 Å². The minimum Gasteiger partial charge on any atom is -0.335 e. The van der Waals surface area contributed by atoms with Crippen LogP contribution in [0.2, 0.25) is 5.02 Å². The zero-order valence-electron chi connectivity index (χ0n) is 15.0. The van der Waals surface area contributed by atoms with Crippen molar-refractivity contribution in [3.05, 3.63) is 39.8 Å². The summed E-state index contributed by atoms with van der Waals surface area (Å²) in [4.78, 5) is 28.3. The molecule has 144 valence electrons. The third-order valence-electron chi connectivity index (χ3n) is 4.53. The van der Waals surface area contributed by atoms with Crippen molar-refractivity contribution in [2.45, 2.75) is 6.42 Å². The number of carbonyl (C=O) groups is 2. The summed E-state index contributed by atoms with van der Waals surface area (Å²) in [6.07, 6.45) is 1.96. The molecule has 0 radical (unpaired) electrons. The van der Waals surface area contributed by atoms with Gasteiger partial charge in [-0.25, -0.2) is 5.01 Å². The van der Waals surface area contributed by atoms with Crippen LogP contribution in [0.5, 0.6) is 0 Å². The minimum absolute atomic E-state index is 0.0984. The van der Waals surface area contributed by atoms with E-state index in [0.717, 1.165) is 31.7 Å². The van der Waals surface area contributed by atoms with Gasteiger partial charge < -0.3 is 4.90 Å². The molecule has 0 spiro atoms. The molecule has 2 aliphatic rings. The Morgan fingerprint density at radius 3 is 2.78 bits per heavy atom. The molecule has 0 aromatic heterocycles. The molecule has 0 atom stereocenters. The van der Waals surface area contributed by atoms with Crippen LogP contribution in [0.4, 0.5) is 0 Å². The second-order valence-electron chi connectivity index (χ2n) is 6.58. The van der Waals surface area contributed by atoms with E-state index in [1.807, 2.05) is 23.2 Å². The molecule has 2 fully saturated rings. The summed E-state index contributed by atoms with van der Waals surface area (Å²) in [6, 6.07) is 7.33. The number of thioether (sulfide) groups is 1. The maximum Gasteiger partial charge on any atom is 0.266 e. The zero-order valence-corrected chi connectivity index (χ0v) is 17.4. The number of nitrogens with one attached hydrogen (secondary N) is 2. The van der Waals surface area contributed by atoms with Gasteiger partial charge in [-0.15, -0.1) is 0 Å². The van der Waals surface area contributed by atoms with E-state index in [2.05, 4.69) is 12.5 Å². The van der Waals surface area contributed by atoms with Gasteiger partial charge in [0.15, 0.2) is 0 Å². The molecule has 27 heavy (non-hydrogen) atoms. The van der Waals surface area contributed by atoms with Gasteiger partial charge >= 0.3 is 0 Å². The van der Waals surface area contributed by atoms with Crippen LogP contribution in [-0.2, 0) is 9.59 Å². The van der Waals surface area contributed by atoms with Gasteiger partial charge in [0.2, 0.25) is 5.91 Å². The first kappa shape index (κ1) is 20.3. The summed E-state index contributed by atoms with van der Waals surface area (Å²) in [7, 11) is 2.14. The molecule has 0 unspecified atom stereocenters. The summed E-state index contributed by atoms with van der Waals surface area (Å²) in [5.41, 5.74) is 3.69. The second-order valence-corrected chi connectivity index (χ2v) is 8.67. The quantitative estimate of drug-likeness (QED) is 0.539. The van der Waals surface area contributed by atoms with Crippen molar-refractivity contribution in [1.29, 1.82) is 0 Å². The largest absolute Gasteiger partial charge is 0.335 e. The third-order valence-corrected chi connectivity index (χ3v) is 6.25. The van der Waals surface area contributed by atoms with Crippen molar-refractivity contribution < 1.29 is 14.5 Å². The first-order valence-electron chi connectivity index (χ1n) is 8.79. The SMILES string of the molecule is C[NH+]1CCN(NC(=O)CCN2C(=O)/C(=C\c3ccccc3Cl)SC2=S)CC1. The molecule has 0 aliphatic carbocycles. The van der Waals surface area contributed by atoms with E-state index in [4.69, 9.17) is 23.8 Å². The van der Waals surface area contributed by atoms with Crippen LogP contribution in [0.15, 0.2) is 29.2 Å². The highest BCUT2D eigenvalue weighted by atomic mass is 35.5. The molecule has 0 saturated carbocycles. The van der Waals surface area contributed by atoms with E-state index in [9.17, 15) is 9.59 Å². The number of benzene rings is 1. The van der Waals surface area contributed by atoms with E-state index in [1.165, 1.54) is 21.6 Å². The zero-order chi connectivity index (χ0) is 19.4. The van der Waals surface area contributed by atoms with Crippen LogP contribution in [0.1, 0.15) is 12.0 Å². The topological polar surface area (TPSA) is 57.1 Å². The summed E-state index contributed by atoms with van der Waals surface area (Å²) in [6.45, 7) is 3.94. The number of likely N-dealkylation sites (N-methyl/N-ethyl adjacent to an activating group) is 1. The predicted molar refractivity (Wildman–Crippen MR) is 112 cm³/mol. The van der Waals surface area contributed by atoms with Gasteiger partial charge in [0.25, 0.3) is 5.91 Å². The van der Waals surface area contributed by atoms with Crippen molar-refractivity contribution in [1.82, 2.24) is 15.3 Å². The Morgan fingerprint density at radius 2 is 2.07 bits per heavy atom. The molecule has 2 heterocycles. The number of halogens is 1. The van der Waals surface area contributed by atoms with Gasteiger partial charge in [-0.05, 0) is 17.7 Å². The average molecular weight is 426 g/mol. The molecule has 2 aliphatic heterocycles. The molecular formula is C18H22ClN4O2S2+. The fourth-order valence-electron chi connectivity index (χ4n) is 2.87. The number of amides is 2. The number of thiocarbonyl (C=S) groups is 1. The number of hydrogen-bond donors (Lipinski definition) is 2. The standard InChI is InChI=1S/C18H21ClN4O2S2/c1-21-8-10-22(11-9-21)20-16(24)6-7-23-17(25)15(27-18(23)26)12-13-4-2-3-5-14(13)19/h2-5,12H,6-11H2,1H3,(H,20,24)/p+1/b15-12+. The van der Waals surface area contributed by atoms with Gasteiger partial charge in [-0.2, -0.15) is 0 Å². The number of rotatable bonds is 5. The van der Waals surface area contributed by atoms with Gasteiger partial charge in [-0.1, -0.05) is 53.8 Å². The van der Waals surface area contributed by atoms with Gasteiger partial charge in [0.05, 0.1) is 38.1 Å². The van der Waals surface area contributed by atoms with Gasteiger partial charge in [0, 0.05) is 18.0 Å². The number of piperazine rings is 1. The van der Waals surface area contributed by atoms with Crippen LogP contribution in [0, 0.1) is 0 Å². The first-order valence-corrected chi connectivity index (χ1v) is 10.4. The van der Waals surface area contributed by atoms with Crippen LogP contribution in [-0.4, -0.2) is 65.8 Å². The van der Waals surface area contributed by atoms with Crippen LogP contribution >= 0.6 is 35.6 Å². The molecule has 2 saturated heterocycles.